The van der Waals surface area contributed by atoms with Crippen LogP contribution in [0.4, 0.5) is 0 Å². The standard InChI is InChI=1S/C12H21NO4/c1-8(9(2)12(15)16)11(14)13-6-4-10(17-3)5-7-13/h8-10H,4-7H2,1-3H3,(H,15,16). The zero-order valence-corrected chi connectivity index (χ0v) is 10.7. The highest BCUT2D eigenvalue weighted by Crippen LogP contribution is 2.19. The first-order valence-corrected chi connectivity index (χ1v) is 6.01. The number of rotatable bonds is 4. The highest BCUT2D eigenvalue weighted by atomic mass is 16.5. The van der Waals surface area contributed by atoms with Crippen LogP contribution in [0.2, 0.25) is 0 Å². The van der Waals surface area contributed by atoms with E-state index in [1.807, 2.05) is 0 Å². The molecule has 0 radical (unpaired) electrons. The fraction of sp³-hybridized carbons (Fsp3) is 0.833. The molecule has 1 saturated heterocycles. The second kappa shape index (κ2) is 6.00. The fourth-order valence-corrected chi connectivity index (χ4v) is 2.03. The van der Waals surface area contributed by atoms with Crippen LogP contribution in [0, 0.1) is 11.8 Å². The number of hydrogen-bond donors (Lipinski definition) is 1. The van der Waals surface area contributed by atoms with Crippen molar-refractivity contribution in [2.24, 2.45) is 11.8 Å². The number of likely N-dealkylation sites (tertiary alicyclic amines) is 1. The molecule has 98 valence electrons. The van der Waals surface area contributed by atoms with Crippen LogP contribution in [-0.4, -0.2) is 48.2 Å². The molecule has 2 unspecified atom stereocenters. The van der Waals surface area contributed by atoms with Gasteiger partial charge in [-0.15, -0.1) is 0 Å². The third kappa shape index (κ3) is 3.43. The number of carboxylic acids is 1. The van der Waals surface area contributed by atoms with Crippen LogP contribution in [0.25, 0.3) is 0 Å². The number of amides is 1. The summed E-state index contributed by atoms with van der Waals surface area (Å²) in [6.07, 6.45) is 1.89. The van der Waals surface area contributed by atoms with Crippen molar-refractivity contribution in [2.45, 2.75) is 32.8 Å². The Morgan fingerprint density at radius 3 is 2.18 bits per heavy atom. The number of piperidine rings is 1. The Bertz CT molecular complexity index is 284. The number of ether oxygens (including phenoxy) is 1. The number of carbonyl (C=O) groups excluding carboxylic acids is 1. The molecule has 5 nitrogen and oxygen atoms in total. The van der Waals surface area contributed by atoms with E-state index in [0.29, 0.717) is 13.1 Å². The van der Waals surface area contributed by atoms with Gasteiger partial charge in [-0.2, -0.15) is 0 Å². The topological polar surface area (TPSA) is 66.8 Å². The molecule has 0 bridgehead atoms. The predicted octanol–water partition coefficient (Wildman–Crippen LogP) is 0.981. The minimum Gasteiger partial charge on any atom is -0.481 e. The summed E-state index contributed by atoms with van der Waals surface area (Å²) in [6.45, 7) is 4.58. The van der Waals surface area contributed by atoms with Gasteiger partial charge in [-0.3, -0.25) is 9.59 Å². The molecule has 1 fully saturated rings. The van der Waals surface area contributed by atoms with Crippen LogP contribution in [0.15, 0.2) is 0 Å². The number of hydrogen-bond acceptors (Lipinski definition) is 3. The molecular formula is C12H21NO4. The number of aliphatic carboxylic acids is 1. The molecule has 0 aromatic carbocycles. The Morgan fingerprint density at radius 2 is 1.76 bits per heavy atom. The Balaban J connectivity index is 2.51. The van der Waals surface area contributed by atoms with Crippen molar-refractivity contribution < 1.29 is 19.4 Å². The Kier molecular flexibility index (Phi) is 4.93. The van der Waals surface area contributed by atoms with E-state index >= 15 is 0 Å². The fourth-order valence-electron chi connectivity index (χ4n) is 2.03. The highest BCUT2D eigenvalue weighted by molar-refractivity contribution is 5.84. The molecule has 1 heterocycles. The Labute approximate surface area is 102 Å². The third-order valence-corrected chi connectivity index (χ3v) is 3.62. The van der Waals surface area contributed by atoms with Crippen molar-refractivity contribution >= 4 is 11.9 Å². The molecule has 2 atom stereocenters. The maximum Gasteiger partial charge on any atom is 0.307 e. The molecule has 0 saturated carbocycles. The molecular weight excluding hydrogens is 222 g/mol. The van der Waals surface area contributed by atoms with Gasteiger partial charge in [0.1, 0.15) is 0 Å². The number of methoxy groups -OCH3 is 1. The van der Waals surface area contributed by atoms with Gasteiger partial charge in [-0.05, 0) is 12.8 Å². The van der Waals surface area contributed by atoms with Crippen molar-refractivity contribution in [2.75, 3.05) is 20.2 Å². The van der Waals surface area contributed by atoms with Crippen LogP contribution in [-0.2, 0) is 14.3 Å². The minimum atomic E-state index is -0.919. The van der Waals surface area contributed by atoms with Gasteiger partial charge in [-0.25, -0.2) is 0 Å². The Morgan fingerprint density at radius 1 is 1.24 bits per heavy atom. The van der Waals surface area contributed by atoms with E-state index < -0.39 is 17.8 Å². The third-order valence-electron chi connectivity index (χ3n) is 3.62. The molecule has 1 N–H and O–H groups in total. The summed E-state index contributed by atoms with van der Waals surface area (Å²) in [6, 6.07) is 0. The molecule has 17 heavy (non-hydrogen) atoms. The van der Waals surface area contributed by atoms with E-state index in [1.165, 1.54) is 0 Å². The average Bonchev–Trinajstić information content (AvgIpc) is 2.36. The summed E-state index contributed by atoms with van der Waals surface area (Å²) < 4.78 is 5.23. The van der Waals surface area contributed by atoms with E-state index in [4.69, 9.17) is 9.84 Å². The lowest BCUT2D eigenvalue weighted by Crippen LogP contribution is -2.44. The van der Waals surface area contributed by atoms with Gasteiger partial charge in [0, 0.05) is 26.1 Å². The maximum absolute atomic E-state index is 12.1. The lowest BCUT2D eigenvalue weighted by Gasteiger charge is -2.33. The molecule has 1 rings (SSSR count). The lowest BCUT2D eigenvalue weighted by molar-refractivity contribution is -0.150. The van der Waals surface area contributed by atoms with Crippen molar-refractivity contribution in [1.82, 2.24) is 4.90 Å². The molecule has 5 heteroatoms. The van der Waals surface area contributed by atoms with Gasteiger partial charge < -0.3 is 14.7 Å². The first-order valence-electron chi connectivity index (χ1n) is 6.01. The molecule has 0 spiro atoms. The number of carboxylic acid groups (broad SMARTS) is 1. The van der Waals surface area contributed by atoms with Gasteiger partial charge in [0.15, 0.2) is 0 Å². The van der Waals surface area contributed by atoms with E-state index in [2.05, 4.69) is 0 Å². The molecule has 0 aromatic heterocycles. The van der Waals surface area contributed by atoms with Crippen LogP contribution in [0.3, 0.4) is 0 Å². The second-order valence-corrected chi connectivity index (χ2v) is 4.68. The van der Waals surface area contributed by atoms with Gasteiger partial charge >= 0.3 is 5.97 Å². The molecule has 0 aromatic rings. The summed E-state index contributed by atoms with van der Waals surface area (Å²) in [7, 11) is 1.68. The molecule has 1 aliphatic heterocycles. The Hall–Kier alpha value is -1.10. The zero-order valence-electron chi connectivity index (χ0n) is 10.7. The largest absolute Gasteiger partial charge is 0.481 e. The van der Waals surface area contributed by atoms with Crippen LogP contribution in [0.1, 0.15) is 26.7 Å². The number of carbonyl (C=O) groups is 2. The van der Waals surface area contributed by atoms with Gasteiger partial charge in [0.2, 0.25) is 5.91 Å². The minimum absolute atomic E-state index is 0.0607. The normalized spacial score (nSPS) is 21.0. The van der Waals surface area contributed by atoms with E-state index in [1.54, 1.807) is 25.9 Å². The average molecular weight is 243 g/mol. The summed E-state index contributed by atoms with van der Waals surface area (Å²) in [5.74, 6) is -2.08. The van der Waals surface area contributed by atoms with Crippen molar-refractivity contribution in [1.29, 1.82) is 0 Å². The SMILES string of the molecule is COC1CCN(C(=O)C(C)C(C)C(=O)O)CC1. The van der Waals surface area contributed by atoms with Crippen molar-refractivity contribution in [3.63, 3.8) is 0 Å². The smallest absolute Gasteiger partial charge is 0.307 e. The summed E-state index contributed by atoms with van der Waals surface area (Å²) in [5, 5.41) is 8.89. The number of nitrogens with zero attached hydrogens (tertiary/aromatic N) is 1. The van der Waals surface area contributed by atoms with Crippen LogP contribution < -0.4 is 0 Å². The monoisotopic (exact) mass is 243 g/mol. The zero-order chi connectivity index (χ0) is 13.0. The van der Waals surface area contributed by atoms with E-state index in [-0.39, 0.29) is 12.0 Å². The first kappa shape index (κ1) is 14.0. The van der Waals surface area contributed by atoms with E-state index in [0.717, 1.165) is 12.8 Å². The summed E-state index contributed by atoms with van der Waals surface area (Å²) in [4.78, 5) is 24.6. The molecule has 0 aliphatic carbocycles. The highest BCUT2D eigenvalue weighted by Gasteiger charge is 2.31. The summed E-state index contributed by atoms with van der Waals surface area (Å²) >= 11 is 0. The van der Waals surface area contributed by atoms with Crippen molar-refractivity contribution in [3.8, 4) is 0 Å². The van der Waals surface area contributed by atoms with Crippen molar-refractivity contribution in [3.05, 3.63) is 0 Å². The van der Waals surface area contributed by atoms with Crippen LogP contribution >= 0.6 is 0 Å². The molecule has 1 aliphatic rings. The predicted molar refractivity (Wildman–Crippen MR) is 62.6 cm³/mol. The lowest BCUT2D eigenvalue weighted by atomic mass is 9.93. The van der Waals surface area contributed by atoms with Gasteiger partial charge in [0.05, 0.1) is 12.0 Å². The van der Waals surface area contributed by atoms with E-state index in [9.17, 15) is 9.59 Å². The van der Waals surface area contributed by atoms with Crippen LogP contribution in [0.5, 0.6) is 0 Å². The molecule has 1 amide bonds. The van der Waals surface area contributed by atoms with Gasteiger partial charge in [0.25, 0.3) is 0 Å². The summed E-state index contributed by atoms with van der Waals surface area (Å²) in [5.41, 5.74) is 0. The first-order chi connectivity index (χ1) is 7.97. The van der Waals surface area contributed by atoms with Gasteiger partial charge in [-0.1, -0.05) is 13.8 Å². The quantitative estimate of drug-likeness (QED) is 0.799. The second-order valence-electron chi connectivity index (χ2n) is 4.68. The maximum atomic E-state index is 12.1.